The molecule has 0 saturated carbocycles. The number of thiazole rings is 1. The largest absolute Gasteiger partial charge is 0.486 e. The Morgan fingerprint density at radius 1 is 1.47 bits per heavy atom. The fourth-order valence-corrected chi connectivity index (χ4v) is 2.66. The van der Waals surface area contributed by atoms with Gasteiger partial charge < -0.3 is 9.84 Å². The molecule has 1 heterocycles. The van der Waals surface area contributed by atoms with Gasteiger partial charge in [0.05, 0.1) is 6.10 Å². The second-order valence-corrected chi connectivity index (χ2v) is 5.11. The van der Waals surface area contributed by atoms with E-state index in [0.29, 0.717) is 6.61 Å². The monoisotopic (exact) mass is 247 g/mol. The molecule has 2 aromatic rings. The highest BCUT2D eigenvalue weighted by Crippen LogP contribution is 2.33. The number of hydrogen-bond acceptors (Lipinski definition) is 4. The number of benzene rings is 1. The van der Waals surface area contributed by atoms with Gasteiger partial charge in [-0.05, 0) is 36.1 Å². The van der Waals surface area contributed by atoms with Gasteiger partial charge in [0.2, 0.25) is 0 Å². The molecule has 3 rings (SSSR count). The summed E-state index contributed by atoms with van der Waals surface area (Å²) in [4.78, 5) is 4.17. The van der Waals surface area contributed by atoms with Gasteiger partial charge in [0.25, 0.3) is 0 Å². The van der Waals surface area contributed by atoms with Gasteiger partial charge in [0.15, 0.2) is 0 Å². The number of nitrogens with zero attached hydrogens (tertiary/aromatic N) is 1. The van der Waals surface area contributed by atoms with E-state index < -0.39 is 0 Å². The molecule has 0 fully saturated rings. The fraction of sp³-hybridized carbons (Fsp3) is 0.308. The van der Waals surface area contributed by atoms with E-state index >= 15 is 0 Å². The van der Waals surface area contributed by atoms with E-state index in [4.69, 9.17) is 4.74 Å². The predicted molar refractivity (Wildman–Crippen MR) is 66.2 cm³/mol. The predicted octanol–water partition coefficient (Wildman–Crippen LogP) is 2.70. The lowest BCUT2D eigenvalue weighted by molar-refractivity contribution is 0.180. The topological polar surface area (TPSA) is 42.4 Å². The third-order valence-corrected chi connectivity index (χ3v) is 3.76. The molecule has 1 aromatic heterocycles. The summed E-state index contributed by atoms with van der Waals surface area (Å²) in [5.74, 6) is 0.855. The summed E-state index contributed by atoms with van der Waals surface area (Å²) in [6, 6.07) is 5.91. The lowest BCUT2D eigenvalue weighted by Crippen LogP contribution is -1.96. The van der Waals surface area contributed by atoms with Gasteiger partial charge in [-0.1, -0.05) is 6.07 Å². The molecule has 1 N–H and O–H groups in total. The first-order valence-electron chi connectivity index (χ1n) is 5.65. The summed E-state index contributed by atoms with van der Waals surface area (Å²) >= 11 is 1.59. The Labute approximate surface area is 104 Å². The van der Waals surface area contributed by atoms with Crippen molar-refractivity contribution in [3.63, 3.8) is 0 Å². The SMILES string of the molecule is O[C@@H]1CCc2cc(OCc3nccs3)ccc21. The molecule has 1 aromatic carbocycles. The quantitative estimate of drug-likeness (QED) is 0.906. The maximum Gasteiger partial charge on any atom is 0.140 e. The van der Waals surface area contributed by atoms with Crippen molar-refractivity contribution in [1.82, 2.24) is 4.98 Å². The van der Waals surface area contributed by atoms with Gasteiger partial charge in [-0.15, -0.1) is 11.3 Å². The minimum Gasteiger partial charge on any atom is -0.486 e. The molecule has 3 nitrogen and oxygen atoms in total. The van der Waals surface area contributed by atoms with Crippen LogP contribution in [0.1, 0.15) is 28.7 Å². The molecular weight excluding hydrogens is 234 g/mol. The zero-order valence-electron chi connectivity index (χ0n) is 9.30. The molecule has 88 valence electrons. The highest BCUT2D eigenvalue weighted by molar-refractivity contribution is 7.09. The van der Waals surface area contributed by atoms with Crippen LogP contribution in [0.5, 0.6) is 5.75 Å². The Morgan fingerprint density at radius 3 is 3.24 bits per heavy atom. The summed E-state index contributed by atoms with van der Waals surface area (Å²) < 4.78 is 5.68. The Bertz CT molecular complexity index is 510. The Morgan fingerprint density at radius 2 is 2.41 bits per heavy atom. The third-order valence-electron chi connectivity index (χ3n) is 3.01. The summed E-state index contributed by atoms with van der Waals surface area (Å²) in [5, 5.41) is 12.6. The molecule has 0 saturated heterocycles. The van der Waals surface area contributed by atoms with Crippen LogP contribution in [0.3, 0.4) is 0 Å². The summed E-state index contributed by atoms with van der Waals surface area (Å²) in [6.07, 6.45) is 3.25. The van der Waals surface area contributed by atoms with Crippen LogP contribution in [-0.2, 0) is 13.0 Å². The maximum atomic E-state index is 9.70. The Hall–Kier alpha value is -1.39. The third kappa shape index (κ3) is 2.18. The number of ether oxygens (including phenoxy) is 1. The Kier molecular flexibility index (Phi) is 2.82. The highest BCUT2D eigenvalue weighted by Gasteiger charge is 2.20. The number of aliphatic hydroxyl groups excluding tert-OH is 1. The number of aryl methyl sites for hydroxylation is 1. The van der Waals surface area contributed by atoms with Crippen molar-refractivity contribution in [1.29, 1.82) is 0 Å². The van der Waals surface area contributed by atoms with E-state index in [1.54, 1.807) is 17.5 Å². The summed E-state index contributed by atoms with van der Waals surface area (Å²) in [5.41, 5.74) is 2.25. The number of aromatic nitrogens is 1. The van der Waals surface area contributed by atoms with Gasteiger partial charge >= 0.3 is 0 Å². The van der Waals surface area contributed by atoms with Gasteiger partial charge in [-0.25, -0.2) is 4.98 Å². The Balaban J connectivity index is 1.72. The molecular formula is C13H13NO2S. The molecule has 0 unspecified atom stereocenters. The second-order valence-electron chi connectivity index (χ2n) is 4.13. The molecule has 0 amide bonds. The first-order chi connectivity index (χ1) is 8.33. The number of hydrogen-bond donors (Lipinski definition) is 1. The molecule has 0 spiro atoms. The molecule has 0 aliphatic heterocycles. The molecule has 17 heavy (non-hydrogen) atoms. The molecule has 4 heteroatoms. The maximum absolute atomic E-state index is 9.70. The van der Waals surface area contributed by atoms with E-state index in [-0.39, 0.29) is 6.10 Å². The lowest BCUT2D eigenvalue weighted by atomic mass is 10.1. The van der Waals surface area contributed by atoms with E-state index in [0.717, 1.165) is 29.2 Å². The fourth-order valence-electron chi connectivity index (χ4n) is 2.13. The van der Waals surface area contributed by atoms with Crippen molar-refractivity contribution >= 4 is 11.3 Å². The smallest absolute Gasteiger partial charge is 0.140 e. The highest BCUT2D eigenvalue weighted by atomic mass is 32.1. The number of aliphatic hydroxyl groups is 1. The van der Waals surface area contributed by atoms with Crippen molar-refractivity contribution in [3.8, 4) is 5.75 Å². The minimum atomic E-state index is -0.294. The summed E-state index contributed by atoms with van der Waals surface area (Å²) in [6.45, 7) is 0.513. The minimum absolute atomic E-state index is 0.294. The zero-order chi connectivity index (χ0) is 11.7. The number of fused-ring (bicyclic) bond motifs is 1. The van der Waals surface area contributed by atoms with Crippen LogP contribution in [0.4, 0.5) is 0 Å². The molecule has 1 aliphatic rings. The summed E-state index contributed by atoms with van der Waals surface area (Å²) in [7, 11) is 0. The van der Waals surface area contributed by atoms with E-state index in [2.05, 4.69) is 4.98 Å². The van der Waals surface area contributed by atoms with Crippen LogP contribution >= 0.6 is 11.3 Å². The zero-order valence-corrected chi connectivity index (χ0v) is 10.1. The number of rotatable bonds is 3. The van der Waals surface area contributed by atoms with Crippen LogP contribution in [0.2, 0.25) is 0 Å². The average Bonchev–Trinajstić information content (AvgIpc) is 2.97. The van der Waals surface area contributed by atoms with Gasteiger partial charge in [-0.2, -0.15) is 0 Å². The van der Waals surface area contributed by atoms with Crippen molar-refractivity contribution < 1.29 is 9.84 Å². The van der Waals surface area contributed by atoms with Gasteiger partial charge in [0, 0.05) is 11.6 Å². The van der Waals surface area contributed by atoms with Crippen LogP contribution in [0, 0.1) is 0 Å². The van der Waals surface area contributed by atoms with Gasteiger partial charge in [-0.3, -0.25) is 0 Å². The van der Waals surface area contributed by atoms with Crippen LogP contribution < -0.4 is 4.74 Å². The standard InChI is InChI=1S/C13H13NO2S/c15-12-4-1-9-7-10(2-3-11(9)12)16-8-13-14-5-6-17-13/h2-3,5-7,12,15H,1,4,8H2/t12-/m1/s1. The van der Waals surface area contributed by atoms with Crippen LogP contribution in [0.15, 0.2) is 29.8 Å². The first-order valence-corrected chi connectivity index (χ1v) is 6.53. The molecule has 0 bridgehead atoms. The van der Waals surface area contributed by atoms with Crippen molar-refractivity contribution in [2.45, 2.75) is 25.6 Å². The molecule has 0 radical (unpaired) electrons. The van der Waals surface area contributed by atoms with Gasteiger partial charge in [0.1, 0.15) is 17.4 Å². The van der Waals surface area contributed by atoms with Crippen LogP contribution in [0.25, 0.3) is 0 Å². The second kappa shape index (κ2) is 4.47. The van der Waals surface area contributed by atoms with Crippen molar-refractivity contribution in [2.75, 3.05) is 0 Å². The molecule has 1 atom stereocenters. The van der Waals surface area contributed by atoms with E-state index in [1.807, 2.05) is 23.6 Å². The average molecular weight is 247 g/mol. The normalized spacial score (nSPS) is 18.1. The lowest BCUT2D eigenvalue weighted by Gasteiger charge is -2.07. The van der Waals surface area contributed by atoms with Crippen molar-refractivity contribution in [3.05, 3.63) is 45.9 Å². The molecule has 1 aliphatic carbocycles. The van der Waals surface area contributed by atoms with E-state index in [9.17, 15) is 5.11 Å². The first kappa shape index (κ1) is 10.7. The van der Waals surface area contributed by atoms with Crippen molar-refractivity contribution in [2.24, 2.45) is 0 Å². The van der Waals surface area contributed by atoms with Crippen LogP contribution in [-0.4, -0.2) is 10.1 Å². The van der Waals surface area contributed by atoms with E-state index in [1.165, 1.54) is 5.56 Å².